The van der Waals surface area contributed by atoms with Crippen molar-refractivity contribution in [3.05, 3.63) is 57.9 Å². The molecule has 1 aliphatic rings. The quantitative estimate of drug-likeness (QED) is 0.605. The Morgan fingerprint density at radius 3 is 2.54 bits per heavy atom. The van der Waals surface area contributed by atoms with Gasteiger partial charge in [-0.3, -0.25) is 0 Å². The molecule has 1 aliphatic heterocycles. The van der Waals surface area contributed by atoms with E-state index >= 15 is 0 Å². The van der Waals surface area contributed by atoms with Crippen LogP contribution in [0.3, 0.4) is 0 Å². The van der Waals surface area contributed by atoms with E-state index in [0.717, 1.165) is 18.2 Å². The number of halogens is 5. The van der Waals surface area contributed by atoms with Crippen molar-refractivity contribution in [2.24, 2.45) is 0 Å². The standard InChI is InChI=1S/C18H11ClF4O4.Na.H/c1-8-2-3-10(20)6-13(8)26-15-7-14-9(5-12(15)19)4-11(17(24)25)16(27-14)18(21,22)23;;/h2-7,16H,1H3,(H,24,25);;/q;+1;-1. The van der Waals surface area contributed by atoms with E-state index in [1.807, 2.05) is 0 Å². The van der Waals surface area contributed by atoms with Crippen molar-refractivity contribution in [3.63, 3.8) is 0 Å². The van der Waals surface area contributed by atoms with Gasteiger partial charge in [0.05, 0.1) is 10.6 Å². The van der Waals surface area contributed by atoms with Crippen LogP contribution in [-0.2, 0) is 4.79 Å². The molecule has 0 saturated carbocycles. The fourth-order valence-corrected chi connectivity index (χ4v) is 2.71. The first-order valence-corrected chi connectivity index (χ1v) is 7.90. The summed E-state index contributed by atoms with van der Waals surface area (Å²) in [6.45, 7) is 1.65. The number of hydrogen-bond donors (Lipinski definition) is 1. The first kappa shape index (κ1) is 22.5. The molecule has 2 aromatic carbocycles. The molecule has 0 amide bonds. The van der Waals surface area contributed by atoms with Crippen molar-refractivity contribution in [2.75, 3.05) is 0 Å². The number of carbonyl (C=O) groups is 1. The fraction of sp³-hybridized carbons (Fsp3) is 0.167. The molecule has 1 unspecified atom stereocenters. The van der Waals surface area contributed by atoms with E-state index in [-0.39, 0.29) is 58.8 Å². The van der Waals surface area contributed by atoms with Crippen LogP contribution in [0.1, 0.15) is 12.6 Å². The van der Waals surface area contributed by atoms with Gasteiger partial charge in [0.25, 0.3) is 0 Å². The first-order chi connectivity index (χ1) is 12.6. The number of carboxylic acid groups (broad SMARTS) is 1. The average Bonchev–Trinajstić information content (AvgIpc) is 2.56. The molecule has 0 radical (unpaired) electrons. The predicted octanol–water partition coefficient (Wildman–Crippen LogP) is 2.49. The van der Waals surface area contributed by atoms with Gasteiger partial charge in [0.1, 0.15) is 23.1 Å². The zero-order valence-electron chi connectivity index (χ0n) is 15.6. The van der Waals surface area contributed by atoms with Crippen LogP contribution in [0.2, 0.25) is 5.02 Å². The Morgan fingerprint density at radius 2 is 1.93 bits per heavy atom. The summed E-state index contributed by atoms with van der Waals surface area (Å²) in [5, 5.41) is 9.02. The number of aliphatic carboxylic acids is 1. The topological polar surface area (TPSA) is 55.8 Å². The van der Waals surface area contributed by atoms with Crippen LogP contribution >= 0.6 is 11.6 Å². The molecular weight excluding hydrogens is 415 g/mol. The summed E-state index contributed by atoms with van der Waals surface area (Å²) in [4.78, 5) is 11.1. The second-order valence-electron chi connectivity index (χ2n) is 5.78. The molecular formula is C18H12ClF4NaO4. The Kier molecular flexibility index (Phi) is 6.70. The third-order valence-corrected chi connectivity index (χ3v) is 4.11. The zero-order chi connectivity index (χ0) is 19.9. The second kappa shape index (κ2) is 8.32. The summed E-state index contributed by atoms with van der Waals surface area (Å²) in [5.41, 5.74) is -0.325. The fourth-order valence-electron chi connectivity index (χ4n) is 2.50. The Labute approximate surface area is 185 Å². The minimum atomic E-state index is -4.93. The van der Waals surface area contributed by atoms with Gasteiger partial charge in [-0.2, -0.15) is 13.2 Å². The van der Waals surface area contributed by atoms with Crippen molar-refractivity contribution in [1.29, 1.82) is 0 Å². The molecule has 10 heteroatoms. The first-order valence-electron chi connectivity index (χ1n) is 7.52. The summed E-state index contributed by atoms with van der Waals surface area (Å²) in [7, 11) is 0. The maximum Gasteiger partial charge on any atom is 1.00 e. The molecule has 0 aromatic heterocycles. The predicted molar refractivity (Wildman–Crippen MR) is 89.9 cm³/mol. The van der Waals surface area contributed by atoms with Gasteiger partial charge in [-0.15, -0.1) is 0 Å². The second-order valence-corrected chi connectivity index (χ2v) is 6.18. The van der Waals surface area contributed by atoms with Crippen molar-refractivity contribution in [1.82, 2.24) is 0 Å². The molecule has 28 heavy (non-hydrogen) atoms. The van der Waals surface area contributed by atoms with Gasteiger partial charge in [-0.25, -0.2) is 9.18 Å². The minimum absolute atomic E-state index is 0. The van der Waals surface area contributed by atoms with Gasteiger partial charge in [-0.05, 0) is 30.7 Å². The number of rotatable bonds is 3. The van der Waals surface area contributed by atoms with Gasteiger partial charge in [0.2, 0.25) is 6.10 Å². The van der Waals surface area contributed by atoms with Crippen LogP contribution in [-0.4, -0.2) is 23.4 Å². The monoisotopic (exact) mass is 426 g/mol. The molecule has 0 aliphatic carbocycles. The summed E-state index contributed by atoms with van der Waals surface area (Å²) < 4.78 is 63.2. The van der Waals surface area contributed by atoms with Crippen LogP contribution in [0.25, 0.3) is 6.08 Å². The Morgan fingerprint density at radius 1 is 1.25 bits per heavy atom. The molecule has 1 atom stereocenters. The molecule has 3 rings (SSSR count). The van der Waals surface area contributed by atoms with Crippen LogP contribution in [0.4, 0.5) is 17.6 Å². The largest absolute Gasteiger partial charge is 1.00 e. The van der Waals surface area contributed by atoms with Crippen molar-refractivity contribution in [2.45, 2.75) is 19.2 Å². The molecule has 1 N–H and O–H groups in total. The zero-order valence-corrected chi connectivity index (χ0v) is 17.4. The van der Waals surface area contributed by atoms with E-state index in [4.69, 9.17) is 26.2 Å². The van der Waals surface area contributed by atoms with E-state index in [2.05, 4.69) is 0 Å². The van der Waals surface area contributed by atoms with Crippen molar-refractivity contribution in [3.8, 4) is 17.2 Å². The number of alkyl halides is 3. The number of ether oxygens (including phenoxy) is 2. The summed E-state index contributed by atoms with van der Waals surface area (Å²) in [6, 6.07) is 6.13. The number of aryl methyl sites for hydroxylation is 1. The van der Waals surface area contributed by atoms with Gasteiger partial charge in [-0.1, -0.05) is 17.7 Å². The van der Waals surface area contributed by atoms with E-state index in [0.29, 0.717) is 5.56 Å². The van der Waals surface area contributed by atoms with Crippen molar-refractivity contribution >= 4 is 23.6 Å². The molecule has 2 aromatic rings. The van der Waals surface area contributed by atoms with E-state index in [1.165, 1.54) is 18.2 Å². The van der Waals surface area contributed by atoms with Crippen molar-refractivity contribution < 1.29 is 67.9 Å². The number of carboxylic acids is 1. The Hall–Kier alpha value is -1.74. The molecule has 144 valence electrons. The van der Waals surface area contributed by atoms with E-state index in [1.54, 1.807) is 6.92 Å². The maximum atomic E-state index is 13.4. The third kappa shape index (κ3) is 4.63. The van der Waals surface area contributed by atoms with Gasteiger partial charge in [0, 0.05) is 17.7 Å². The van der Waals surface area contributed by atoms with Crippen LogP contribution in [0.5, 0.6) is 17.2 Å². The van der Waals surface area contributed by atoms with E-state index in [9.17, 15) is 22.4 Å². The van der Waals surface area contributed by atoms with Crippen LogP contribution < -0.4 is 39.0 Å². The van der Waals surface area contributed by atoms with Gasteiger partial charge >= 0.3 is 41.7 Å². The molecule has 0 saturated heterocycles. The maximum absolute atomic E-state index is 13.4. The van der Waals surface area contributed by atoms with Gasteiger partial charge < -0.3 is 16.0 Å². The SMILES string of the molecule is Cc1ccc(F)cc1Oc1cc2c(cc1Cl)C=C(C(=O)O)C(C(F)(F)F)O2.[H-].[Na+]. The smallest absolute Gasteiger partial charge is 1.00 e. The molecule has 4 nitrogen and oxygen atoms in total. The Balaban J connectivity index is 0.00000210. The average molecular weight is 427 g/mol. The molecule has 0 fully saturated rings. The van der Waals surface area contributed by atoms with E-state index < -0.39 is 29.6 Å². The third-order valence-electron chi connectivity index (χ3n) is 3.82. The minimum Gasteiger partial charge on any atom is -1.00 e. The molecule has 0 spiro atoms. The van der Waals surface area contributed by atoms with Gasteiger partial charge in [0.15, 0.2) is 0 Å². The number of hydrogen-bond acceptors (Lipinski definition) is 3. The number of fused-ring (bicyclic) bond motifs is 1. The molecule has 1 heterocycles. The summed E-state index contributed by atoms with van der Waals surface area (Å²) in [6.07, 6.45) is -6.71. The normalized spacial score (nSPS) is 15.6. The van der Waals surface area contributed by atoms with Crippen LogP contribution in [0.15, 0.2) is 35.9 Å². The number of benzene rings is 2. The van der Waals surface area contributed by atoms with Crippen LogP contribution in [0, 0.1) is 12.7 Å². The Bertz CT molecular complexity index is 966. The molecule has 0 bridgehead atoms. The summed E-state index contributed by atoms with van der Waals surface area (Å²) in [5.74, 6) is -2.50. The summed E-state index contributed by atoms with van der Waals surface area (Å²) >= 11 is 6.08.